The van der Waals surface area contributed by atoms with Gasteiger partial charge in [0, 0.05) is 10.9 Å². The Labute approximate surface area is 117 Å². The molecule has 0 aliphatic heterocycles. The van der Waals surface area contributed by atoms with E-state index in [0.29, 0.717) is 22.8 Å². The summed E-state index contributed by atoms with van der Waals surface area (Å²) in [6.45, 7) is 0. The Morgan fingerprint density at radius 2 is 1.53 bits per heavy atom. The molecule has 0 amide bonds. The number of hydrogen-bond acceptors (Lipinski definition) is 2. The Bertz CT molecular complexity index is 499. The molecule has 1 aromatic carbocycles. The second-order valence-corrected chi connectivity index (χ2v) is 8.31. The first-order chi connectivity index (χ1) is 9.22. The Morgan fingerprint density at radius 3 is 2.11 bits per heavy atom. The van der Waals surface area contributed by atoms with Crippen molar-refractivity contribution in [2.45, 2.75) is 42.2 Å². The van der Waals surface area contributed by atoms with E-state index >= 15 is 0 Å². The molecule has 4 aliphatic carbocycles. The van der Waals surface area contributed by atoms with E-state index < -0.39 is 10.8 Å². The van der Waals surface area contributed by atoms with Gasteiger partial charge in [-0.2, -0.15) is 0 Å². The normalized spacial score (nSPS) is 41.4. The van der Waals surface area contributed by atoms with Crippen LogP contribution in [0.4, 0.5) is 5.69 Å². The van der Waals surface area contributed by atoms with Crippen molar-refractivity contribution in [2.24, 2.45) is 23.7 Å². The van der Waals surface area contributed by atoms with Crippen molar-refractivity contribution in [2.75, 3.05) is 5.73 Å². The molecule has 4 fully saturated rings. The molecule has 19 heavy (non-hydrogen) atoms. The van der Waals surface area contributed by atoms with E-state index in [4.69, 9.17) is 5.73 Å². The maximum absolute atomic E-state index is 13.0. The van der Waals surface area contributed by atoms with Crippen molar-refractivity contribution >= 4 is 16.5 Å². The fourth-order valence-corrected chi connectivity index (χ4v) is 6.99. The molecule has 4 bridgehead atoms. The van der Waals surface area contributed by atoms with Gasteiger partial charge >= 0.3 is 0 Å². The van der Waals surface area contributed by atoms with Gasteiger partial charge in [0.05, 0.1) is 15.7 Å². The van der Waals surface area contributed by atoms with Gasteiger partial charge in [-0.05, 0) is 67.9 Å². The van der Waals surface area contributed by atoms with E-state index in [-0.39, 0.29) is 0 Å². The largest absolute Gasteiger partial charge is 0.398 e. The Morgan fingerprint density at radius 1 is 0.947 bits per heavy atom. The van der Waals surface area contributed by atoms with Gasteiger partial charge in [0.1, 0.15) is 0 Å². The SMILES string of the molecule is Nc1ccccc1S(=O)C1C2CC3CC(C2)CC1C3. The second kappa shape index (κ2) is 4.34. The summed E-state index contributed by atoms with van der Waals surface area (Å²) in [5, 5.41) is 0.373. The molecular formula is C16H21NOS. The molecule has 1 atom stereocenters. The molecule has 4 saturated carbocycles. The highest BCUT2D eigenvalue weighted by molar-refractivity contribution is 7.86. The third kappa shape index (κ3) is 1.85. The quantitative estimate of drug-likeness (QED) is 0.842. The molecule has 0 radical (unpaired) electrons. The first-order valence-electron chi connectivity index (χ1n) is 7.47. The molecule has 1 unspecified atom stereocenters. The van der Waals surface area contributed by atoms with Crippen molar-refractivity contribution < 1.29 is 4.21 Å². The van der Waals surface area contributed by atoms with E-state index in [2.05, 4.69) is 0 Å². The maximum atomic E-state index is 13.0. The van der Waals surface area contributed by atoms with Gasteiger partial charge in [0.15, 0.2) is 0 Å². The Hall–Kier alpha value is -0.830. The van der Waals surface area contributed by atoms with Gasteiger partial charge in [-0.3, -0.25) is 4.21 Å². The molecule has 0 heterocycles. The number of hydrogen-bond donors (Lipinski definition) is 1. The topological polar surface area (TPSA) is 43.1 Å². The molecule has 102 valence electrons. The molecule has 0 saturated heterocycles. The first kappa shape index (κ1) is 12.0. The number of benzene rings is 1. The average molecular weight is 275 g/mol. The van der Waals surface area contributed by atoms with Crippen LogP contribution in [0, 0.1) is 23.7 Å². The molecule has 3 heteroatoms. The fraction of sp³-hybridized carbons (Fsp3) is 0.625. The van der Waals surface area contributed by atoms with E-state index in [1.54, 1.807) is 0 Å². The second-order valence-electron chi connectivity index (χ2n) is 6.73. The number of para-hydroxylation sites is 1. The predicted octanol–water partition coefficient (Wildman–Crippen LogP) is 3.20. The minimum Gasteiger partial charge on any atom is -0.398 e. The average Bonchev–Trinajstić information content (AvgIpc) is 2.37. The Balaban J connectivity index is 1.66. The molecule has 0 aromatic heterocycles. The number of anilines is 1. The van der Waals surface area contributed by atoms with Crippen molar-refractivity contribution in [3.05, 3.63) is 24.3 Å². The van der Waals surface area contributed by atoms with Crippen LogP contribution in [0.15, 0.2) is 29.2 Å². The van der Waals surface area contributed by atoms with Crippen molar-refractivity contribution in [1.82, 2.24) is 0 Å². The minimum atomic E-state index is -0.910. The van der Waals surface area contributed by atoms with Crippen LogP contribution in [-0.2, 0) is 10.8 Å². The van der Waals surface area contributed by atoms with Gasteiger partial charge in [-0.25, -0.2) is 0 Å². The lowest BCUT2D eigenvalue weighted by Gasteiger charge is -2.53. The maximum Gasteiger partial charge on any atom is 0.0620 e. The summed E-state index contributed by atoms with van der Waals surface area (Å²) in [5.74, 6) is 3.25. The standard InChI is InChI=1S/C16H21NOS/c17-14-3-1-2-4-15(14)19(18)16-12-6-10-5-11(8-12)9-13(16)7-10/h1-4,10-13,16H,5-9,17H2. The number of nitrogens with two attached hydrogens (primary N) is 1. The summed E-state index contributed by atoms with van der Waals surface area (Å²) in [6, 6.07) is 7.71. The summed E-state index contributed by atoms with van der Waals surface area (Å²) in [6.07, 6.45) is 6.71. The lowest BCUT2D eigenvalue weighted by Crippen LogP contribution is -2.50. The van der Waals surface area contributed by atoms with Crippen LogP contribution in [0.5, 0.6) is 0 Å². The number of nitrogen functional groups attached to an aromatic ring is 1. The first-order valence-corrected chi connectivity index (χ1v) is 8.68. The molecule has 1 aromatic rings. The summed E-state index contributed by atoms with van der Waals surface area (Å²) < 4.78 is 13.0. The lowest BCUT2D eigenvalue weighted by atomic mass is 9.56. The van der Waals surface area contributed by atoms with Crippen LogP contribution in [0.3, 0.4) is 0 Å². The molecular weight excluding hydrogens is 254 g/mol. The fourth-order valence-electron chi connectivity index (χ4n) is 5.04. The van der Waals surface area contributed by atoms with Crippen LogP contribution < -0.4 is 5.73 Å². The van der Waals surface area contributed by atoms with Crippen molar-refractivity contribution in [3.8, 4) is 0 Å². The zero-order valence-electron chi connectivity index (χ0n) is 11.1. The highest BCUT2D eigenvalue weighted by Crippen LogP contribution is 2.55. The van der Waals surface area contributed by atoms with Crippen LogP contribution >= 0.6 is 0 Å². The van der Waals surface area contributed by atoms with E-state index in [1.165, 1.54) is 32.1 Å². The van der Waals surface area contributed by atoms with Gasteiger partial charge < -0.3 is 5.73 Å². The smallest absolute Gasteiger partial charge is 0.0620 e. The van der Waals surface area contributed by atoms with Crippen LogP contribution in [0.1, 0.15) is 32.1 Å². The molecule has 4 aliphatic rings. The van der Waals surface area contributed by atoms with Crippen molar-refractivity contribution in [3.63, 3.8) is 0 Å². The van der Waals surface area contributed by atoms with Crippen LogP contribution in [-0.4, -0.2) is 9.46 Å². The van der Waals surface area contributed by atoms with E-state index in [1.807, 2.05) is 24.3 Å². The van der Waals surface area contributed by atoms with Crippen LogP contribution in [0.25, 0.3) is 0 Å². The molecule has 0 spiro atoms. The zero-order chi connectivity index (χ0) is 13.0. The number of rotatable bonds is 2. The zero-order valence-corrected chi connectivity index (χ0v) is 11.9. The van der Waals surface area contributed by atoms with Crippen LogP contribution in [0.2, 0.25) is 0 Å². The minimum absolute atomic E-state index is 0.373. The summed E-state index contributed by atoms with van der Waals surface area (Å²) in [4.78, 5) is 0.875. The lowest BCUT2D eigenvalue weighted by molar-refractivity contribution is 0.0252. The Kier molecular flexibility index (Phi) is 2.73. The highest BCUT2D eigenvalue weighted by Gasteiger charge is 2.50. The molecule has 2 N–H and O–H groups in total. The monoisotopic (exact) mass is 275 g/mol. The van der Waals surface area contributed by atoms with E-state index in [9.17, 15) is 4.21 Å². The summed E-state index contributed by atoms with van der Waals surface area (Å²) in [7, 11) is -0.910. The van der Waals surface area contributed by atoms with Gasteiger partial charge in [-0.1, -0.05) is 12.1 Å². The third-order valence-electron chi connectivity index (χ3n) is 5.52. The van der Waals surface area contributed by atoms with Crippen molar-refractivity contribution in [1.29, 1.82) is 0 Å². The highest BCUT2D eigenvalue weighted by atomic mass is 32.2. The summed E-state index contributed by atoms with van der Waals surface area (Å²) >= 11 is 0. The van der Waals surface area contributed by atoms with E-state index in [0.717, 1.165) is 16.7 Å². The van der Waals surface area contributed by atoms with Gasteiger partial charge in [0.25, 0.3) is 0 Å². The van der Waals surface area contributed by atoms with Gasteiger partial charge in [0.2, 0.25) is 0 Å². The summed E-state index contributed by atoms with van der Waals surface area (Å²) in [5.41, 5.74) is 6.72. The predicted molar refractivity (Wildman–Crippen MR) is 78.1 cm³/mol. The molecule has 2 nitrogen and oxygen atoms in total. The molecule has 5 rings (SSSR count). The van der Waals surface area contributed by atoms with Gasteiger partial charge in [-0.15, -0.1) is 0 Å². The third-order valence-corrected chi connectivity index (χ3v) is 7.59.